The number of hydrogen-bond donors (Lipinski definition) is 3. The molecule has 1 rings (SSSR count). The zero-order valence-corrected chi connectivity index (χ0v) is 10.4. The van der Waals surface area contributed by atoms with E-state index in [1.165, 1.54) is 0 Å². The number of carboxylic acid groups (broad SMARTS) is 1. The molecule has 1 aliphatic heterocycles. The van der Waals surface area contributed by atoms with E-state index in [-0.39, 0.29) is 18.2 Å². The topological polar surface area (TPSA) is 78.4 Å². The molecule has 17 heavy (non-hydrogen) atoms. The Hall–Kier alpha value is -1.10. The number of carboxylic acids is 1. The van der Waals surface area contributed by atoms with Gasteiger partial charge in [0.1, 0.15) is 0 Å². The van der Waals surface area contributed by atoms with E-state index >= 15 is 0 Å². The van der Waals surface area contributed by atoms with Crippen LogP contribution in [0.4, 0.5) is 0 Å². The highest BCUT2D eigenvalue weighted by molar-refractivity contribution is 5.79. The molecule has 0 radical (unpaired) electrons. The quantitative estimate of drug-likeness (QED) is 0.571. The van der Waals surface area contributed by atoms with Crippen LogP contribution >= 0.6 is 0 Å². The van der Waals surface area contributed by atoms with Crippen molar-refractivity contribution in [1.29, 1.82) is 0 Å². The van der Waals surface area contributed by atoms with Gasteiger partial charge in [0.05, 0.1) is 5.92 Å². The van der Waals surface area contributed by atoms with Crippen LogP contribution in [0.1, 0.15) is 32.6 Å². The first-order chi connectivity index (χ1) is 8.11. The van der Waals surface area contributed by atoms with Crippen molar-refractivity contribution in [3.05, 3.63) is 0 Å². The number of unbranched alkanes of at least 4 members (excludes halogenated alkanes) is 2. The number of nitrogens with one attached hydrogen (secondary N) is 2. The zero-order chi connectivity index (χ0) is 12.7. The highest BCUT2D eigenvalue weighted by Gasteiger charge is 2.28. The van der Waals surface area contributed by atoms with E-state index in [0.29, 0.717) is 18.9 Å². The van der Waals surface area contributed by atoms with Crippen LogP contribution in [0.3, 0.4) is 0 Å². The number of carbonyl (C=O) groups excluding carboxylic acids is 1. The fourth-order valence-electron chi connectivity index (χ4n) is 2.08. The van der Waals surface area contributed by atoms with E-state index in [1.807, 2.05) is 0 Å². The third kappa shape index (κ3) is 5.17. The molecule has 98 valence electrons. The summed E-state index contributed by atoms with van der Waals surface area (Å²) in [5.74, 6) is -0.128. The minimum Gasteiger partial charge on any atom is -0.481 e. The molecule has 1 heterocycles. The summed E-state index contributed by atoms with van der Waals surface area (Å²) >= 11 is 0. The molecular weight excluding hydrogens is 220 g/mol. The van der Waals surface area contributed by atoms with E-state index < -0.39 is 5.97 Å². The summed E-state index contributed by atoms with van der Waals surface area (Å²) < 4.78 is 0. The Morgan fingerprint density at radius 1 is 1.29 bits per heavy atom. The average Bonchev–Trinajstić information content (AvgIpc) is 2.69. The summed E-state index contributed by atoms with van der Waals surface area (Å²) in [4.78, 5) is 22.0. The van der Waals surface area contributed by atoms with E-state index in [4.69, 9.17) is 5.11 Å². The van der Waals surface area contributed by atoms with Crippen molar-refractivity contribution in [3.63, 3.8) is 0 Å². The summed E-state index contributed by atoms with van der Waals surface area (Å²) in [7, 11) is 0. The summed E-state index contributed by atoms with van der Waals surface area (Å²) in [6, 6.07) is 0. The Bertz CT molecular complexity index is 268. The van der Waals surface area contributed by atoms with Gasteiger partial charge in [-0.3, -0.25) is 9.59 Å². The molecule has 1 fully saturated rings. The van der Waals surface area contributed by atoms with Crippen molar-refractivity contribution in [1.82, 2.24) is 10.6 Å². The normalized spacial score (nSPS) is 23.6. The van der Waals surface area contributed by atoms with Gasteiger partial charge < -0.3 is 15.7 Å². The minimum absolute atomic E-state index is 0.0917. The van der Waals surface area contributed by atoms with Gasteiger partial charge in [0.15, 0.2) is 0 Å². The highest BCUT2D eigenvalue weighted by Crippen LogP contribution is 2.15. The Labute approximate surface area is 102 Å². The van der Waals surface area contributed by atoms with Gasteiger partial charge in [-0.2, -0.15) is 0 Å². The van der Waals surface area contributed by atoms with Gasteiger partial charge in [-0.05, 0) is 25.3 Å². The van der Waals surface area contributed by atoms with Gasteiger partial charge in [-0.25, -0.2) is 0 Å². The van der Waals surface area contributed by atoms with Crippen molar-refractivity contribution < 1.29 is 14.7 Å². The van der Waals surface area contributed by atoms with Gasteiger partial charge in [-0.15, -0.1) is 0 Å². The molecule has 5 nitrogen and oxygen atoms in total. The summed E-state index contributed by atoms with van der Waals surface area (Å²) in [5.41, 5.74) is 0. The van der Waals surface area contributed by atoms with Gasteiger partial charge in [0, 0.05) is 19.5 Å². The fraction of sp³-hybridized carbons (Fsp3) is 0.833. The SMILES string of the molecule is C[C@@H]1CNC[C@H]1C(=O)NCCCCCC(=O)O. The molecule has 1 amide bonds. The van der Waals surface area contributed by atoms with E-state index in [0.717, 1.165) is 25.9 Å². The molecule has 2 atom stereocenters. The molecular formula is C12H22N2O3. The molecule has 0 bridgehead atoms. The molecule has 0 spiro atoms. The largest absolute Gasteiger partial charge is 0.481 e. The Morgan fingerprint density at radius 2 is 2.06 bits per heavy atom. The fourth-order valence-corrected chi connectivity index (χ4v) is 2.08. The lowest BCUT2D eigenvalue weighted by Crippen LogP contribution is -2.34. The maximum absolute atomic E-state index is 11.8. The maximum atomic E-state index is 11.8. The number of amides is 1. The molecule has 0 unspecified atom stereocenters. The number of carbonyl (C=O) groups is 2. The van der Waals surface area contributed by atoms with E-state index in [2.05, 4.69) is 17.6 Å². The molecule has 3 N–H and O–H groups in total. The van der Waals surface area contributed by atoms with Crippen LogP contribution in [0.25, 0.3) is 0 Å². The summed E-state index contributed by atoms with van der Waals surface area (Å²) in [6.45, 7) is 4.42. The maximum Gasteiger partial charge on any atom is 0.303 e. The zero-order valence-electron chi connectivity index (χ0n) is 10.4. The summed E-state index contributed by atoms with van der Waals surface area (Å²) in [5, 5.41) is 14.6. The number of rotatable bonds is 7. The second-order valence-electron chi connectivity index (χ2n) is 4.74. The first-order valence-electron chi connectivity index (χ1n) is 6.31. The minimum atomic E-state index is -0.750. The number of hydrogen-bond acceptors (Lipinski definition) is 3. The third-order valence-electron chi connectivity index (χ3n) is 3.22. The lowest BCUT2D eigenvalue weighted by atomic mass is 9.97. The molecule has 0 aromatic heterocycles. The smallest absolute Gasteiger partial charge is 0.303 e. The second kappa shape index (κ2) is 7.27. The van der Waals surface area contributed by atoms with Crippen LogP contribution in [0.5, 0.6) is 0 Å². The first kappa shape index (κ1) is 14.0. The van der Waals surface area contributed by atoms with Gasteiger partial charge in [-0.1, -0.05) is 13.3 Å². The molecule has 0 aromatic rings. The predicted octanol–water partition coefficient (Wildman–Crippen LogP) is 0.603. The van der Waals surface area contributed by atoms with Crippen LogP contribution in [0, 0.1) is 11.8 Å². The van der Waals surface area contributed by atoms with Crippen LogP contribution < -0.4 is 10.6 Å². The van der Waals surface area contributed by atoms with E-state index in [1.54, 1.807) is 0 Å². The van der Waals surface area contributed by atoms with Gasteiger partial charge in [0.2, 0.25) is 5.91 Å². The molecule has 0 aliphatic carbocycles. The second-order valence-corrected chi connectivity index (χ2v) is 4.74. The summed E-state index contributed by atoms with van der Waals surface area (Å²) in [6.07, 6.45) is 2.61. The molecule has 0 aromatic carbocycles. The van der Waals surface area contributed by atoms with Crippen LogP contribution in [-0.2, 0) is 9.59 Å². The van der Waals surface area contributed by atoms with Crippen molar-refractivity contribution in [2.45, 2.75) is 32.6 Å². The van der Waals surface area contributed by atoms with Gasteiger partial charge >= 0.3 is 5.97 Å². The third-order valence-corrected chi connectivity index (χ3v) is 3.22. The van der Waals surface area contributed by atoms with Crippen molar-refractivity contribution in [2.24, 2.45) is 11.8 Å². The predicted molar refractivity (Wildman–Crippen MR) is 64.6 cm³/mol. The van der Waals surface area contributed by atoms with E-state index in [9.17, 15) is 9.59 Å². The highest BCUT2D eigenvalue weighted by atomic mass is 16.4. The standard InChI is InChI=1S/C12H22N2O3/c1-9-7-13-8-10(9)12(17)14-6-4-2-3-5-11(15)16/h9-10,13H,2-8H2,1H3,(H,14,17)(H,15,16)/t9-,10-/m1/s1. The van der Waals surface area contributed by atoms with Crippen molar-refractivity contribution in [2.75, 3.05) is 19.6 Å². The van der Waals surface area contributed by atoms with Crippen molar-refractivity contribution >= 4 is 11.9 Å². The Balaban J connectivity index is 2.02. The molecule has 1 aliphatic rings. The Kier molecular flexibility index (Phi) is 5.97. The van der Waals surface area contributed by atoms with Crippen LogP contribution in [-0.4, -0.2) is 36.6 Å². The average molecular weight is 242 g/mol. The van der Waals surface area contributed by atoms with Crippen LogP contribution in [0.15, 0.2) is 0 Å². The van der Waals surface area contributed by atoms with Gasteiger partial charge in [0.25, 0.3) is 0 Å². The Morgan fingerprint density at radius 3 is 2.65 bits per heavy atom. The molecule has 5 heteroatoms. The lowest BCUT2D eigenvalue weighted by Gasteiger charge is -2.13. The molecule has 0 saturated carbocycles. The van der Waals surface area contributed by atoms with Crippen LogP contribution in [0.2, 0.25) is 0 Å². The monoisotopic (exact) mass is 242 g/mol. The van der Waals surface area contributed by atoms with Crippen molar-refractivity contribution in [3.8, 4) is 0 Å². The molecule has 1 saturated heterocycles. The number of aliphatic carboxylic acids is 1. The lowest BCUT2D eigenvalue weighted by molar-refractivity contribution is -0.137. The first-order valence-corrected chi connectivity index (χ1v) is 6.31.